The molecule has 3 atom stereocenters. The van der Waals surface area contributed by atoms with Gasteiger partial charge in [-0.3, -0.25) is 0 Å². The van der Waals surface area contributed by atoms with Gasteiger partial charge in [0.2, 0.25) is 0 Å². The molecule has 1 unspecified atom stereocenters. The molecule has 2 aromatic rings. The molecule has 0 spiro atoms. The average Bonchev–Trinajstić information content (AvgIpc) is 3.10. The van der Waals surface area contributed by atoms with E-state index in [0.717, 1.165) is 24.5 Å². The standard InChI is InChI=1S/C21H31N5/c1-16-12-14-26(24-16)19-10-8-18(9-11-19)25-13-4-5-17(15-25)23-21-7-3-2-6-20(21)22/h8-12,14,17,20-21,23H,2-7,13,15,22H2,1H3/t17?,20-,21-/m1/s1. The Kier molecular flexibility index (Phi) is 5.27. The molecule has 5 heteroatoms. The molecule has 2 fully saturated rings. The first-order valence-electron chi connectivity index (χ1n) is 10.1. The van der Waals surface area contributed by atoms with Gasteiger partial charge in [0, 0.05) is 43.1 Å². The first-order chi connectivity index (χ1) is 12.7. The Morgan fingerprint density at radius 3 is 2.50 bits per heavy atom. The summed E-state index contributed by atoms with van der Waals surface area (Å²) >= 11 is 0. The van der Waals surface area contributed by atoms with Gasteiger partial charge in [0.25, 0.3) is 0 Å². The number of rotatable bonds is 4. The minimum Gasteiger partial charge on any atom is -0.370 e. The minimum atomic E-state index is 0.330. The number of nitrogens with one attached hydrogen (secondary N) is 1. The highest BCUT2D eigenvalue weighted by atomic mass is 15.3. The molecule has 26 heavy (non-hydrogen) atoms. The summed E-state index contributed by atoms with van der Waals surface area (Å²) < 4.78 is 1.93. The predicted molar refractivity (Wildman–Crippen MR) is 107 cm³/mol. The quantitative estimate of drug-likeness (QED) is 0.887. The maximum atomic E-state index is 6.33. The van der Waals surface area contributed by atoms with Crippen LogP contribution in [-0.4, -0.2) is 41.0 Å². The molecular formula is C21H31N5. The molecule has 1 aromatic carbocycles. The smallest absolute Gasteiger partial charge is 0.0647 e. The maximum Gasteiger partial charge on any atom is 0.0647 e. The van der Waals surface area contributed by atoms with Gasteiger partial charge in [0.05, 0.1) is 11.4 Å². The van der Waals surface area contributed by atoms with Crippen LogP contribution in [0.25, 0.3) is 5.69 Å². The van der Waals surface area contributed by atoms with Crippen molar-refractivity contribution in [3.05, 3.63) is 42.2 Å². The molecular weight excluding hydrogens is 322 g/mol. The number of hydrogen-bond acceptors (Lipinski definition) is 4. The van der Waals surface area contributed by atoms with Gasteiger partial charge >= 0.3 is 0 Å². The van der Waals surface area contributed by atoms with Gasteiger partial charge in [-0.2, -0.15) is 5.10 Å². The molecule has 2 heterocycles. The molecule has 3 N–H and O–H groups in total. The van der Waals surface area contributed by atoms with Crippen LogP contribution >= 0.6 is 0 Å². The van der Waals surface area contributed by atoms with Crippen LogP contribution in [0.2, 0.25) is 0 Å². The minimum absolute atomic E-state index is 0.330. The second-order valence-electron chi connectivity index (χ2n) is 7.92. The van der Waals surface area contributed by atoms with Crippen molar-refractivity contribution in [2.45, 2.75) is 63.6 Å². The van der Waals surface area contributed by atoms with Crippen molar-refractivity contribution in [1.82, 2.24) is 15.1 Å². The van der Waals surface area contributed by atoms with Crippen LogP contribution in [0.15, 0.2) is 36.5 Å². The van der Waals surface area contributed by atoms with E-state index in [0.29, 0.717) is 18.1 Å². The van der Waals surface area contributed by atoms with Gasteiger partial charge < -0.3 is 16.0 Å². The zero-order valence-corrected chi connectivity index (χ0v) is 15.8. The van der Waals surface area contributed by atoms with Gasteiger partial charge in [-0.1, -0.05) is 12.8 Å². The first kappa shape index (κ1) is 17.6. The van der Waals surface area contributed by atoms with E-state index in [-0.39, 0.29) is 0 Å². The molecule has 0 amide bonds. The van der Waals surface area contributed by atoms with E-state index in [1.807, 2.05) is 23.9 Å². The predicted octanol–water partition coefficient (Wildman–Crippen LogP) is 3.01. The molecule has 1 aliphatic heterocycles. The third-order valence-corrected chi connectivity index (χ3v) is 5.89. The Morgan fingerprint density at radius 2 is 1.77 bits per heavy atom. The van der Waals surface area contributed by atoms with Gasteiger partial charge in [-0.05, 0) is 62.9 Å². The second-order valence-corrected chi connectivity index (χ2v) is 7.92. The molecule has 1 aliphatic carbocycles. The summed E-state index contributed by atoms with van der Waals surface area (Å²) in [6.07, 6.45) is 9.51. The highest BCUT2D eigenvalue weighted by Crippen LogP contribution is 2.23. The monoisotopic (exact) mass is 353 g/mol. The van der Waals surface area contributed by atoms with Gasteiger partial charge in [-0.25, -0.2) is 4.68 Å². The van der Waals surface area contributed by atoms with Crippen LogP contribution in [0.1, 0.15) is 44.2 Å². The summed E-state index contributed by atoms with van der Waals surface area (Å²) in [6.45, 7) is 4.22. The van der Waals surface area contributed by atoms with Crippen molar-refractivity contribution in [2.24, 2.45) is 5.73 Å². The Morgan fingerprint density at radius 1 is 1.00 bits per heavy atom. The molecule has 140 valence electrons. The molecule has 1 aromatic heterocycles. The van der Waals surface area contributed by atoms with Crippen molar-refractivity contribution in [2.75, 3.05) is 18.0 Å². The SMILES string of the molecule is Cc1ccn(-c2ccc(N3CCCC(N[C@@H]4CCCC[C@H]4N)C3)cc2)n1. The van der Waals surface area contributed by atoms with Crippen molar-refractivity contribution in [3.8, 4) is 5.69 Å². The van der Waals surface area contributed by atoms with E-state index in [1.54, 1.807) is 0 Å². The van der Waals surface area contributed by atoms with Crippen molar-refractivity contribution in [3.63, 3.8) is 0 Å². The topological polar surface area (TPSA) is 59.1 Å². The normalized spacial score (nSPS) is 26.8. The zero-order valence-electron chi connectivity index (χ0n) is 15.8. The van der Waals surface area contributed by atoms with E-state index >= 15 is 0 Å². The average molecular weight is 354 g/mol. The molecule has 1 saturated carbocycles. The third-order valence-electron chi connectivity index (χ3n) is 5.89. The van der Waals surface area contributed by atoms with Gasteiger partial charge in [0.1, 0.15) is 0 Å². The van der Waals surface area contributed by atoms with Crippen LogP contribution in [0.5, 0.6) is 0 Å². The summed E-state index contributed by atoms with van der Waals surface area (Å²) in [4.78, 5) is 2.51. The fourth-order valence-electron chi connectivity index (χ4n) is 4.39. The molecule has 2 aliphatic rings. The fraction of sp³-hybridized carbons (Fsp3) is 0.571. The second kappa shape index (κ2) is 7.80. The molecule has 1 saturated heterocycles. The lowest BCUT2D eigenvalue weighted by Gasteiger charge is -2.39. The van der Waals surface area contributed by atoms with Crippen molar-refractivity contribution < 1.29 is 0 Å². The number of piperidine rings is 1. The Balaban J connectivity index is 1.39. The Hall–Kier alpha value is -1.85. The van der Waals surface area contributed by atoms with Gasteiger partial charge in [-0.15, -0.1) is 0 Å². The van der Waals surface area contributed by atoms with Crippen LogP contribution in [0.4, 0.5) is 5.69 Å². The number of nitrogens with zero attached hydrogens (tertiary/aromatic N) is 3. The van der Waals surface area contributed by atoms with E-state index in [2.05, 4.69) is 39.6 Å². The maximum absolute atomic E-state index is 6.33. The zero-order chi connectivity index (χ0) is 17.9. The van der Waals surface area contributed by atoms with Gasteiger partial charge in [0.15, 0.2) is 0 Å². The summed E-state index contributed by atoms with van der Waals surface area (Å²) in [7, 11) is 0. The number of anilines is 1. The lowest BCUT2D eigenvalue weighted by molar-refractivity contribution is 0.282. The summed E-state index contributed by atoms with van der Waals surface area (Å²) in [5.74, 6) is 0. The van der Waals surface area contributed by atoms with Crippen LogP contribution < -0.4 is 16.0 Å². The number of hydrogen-bond donors (Lipinski definition) is 2. The van der Waals surface area contributed by atoms with E-state index in [4.69, 9.17) is 5.73 Å². The summed E-state index contributed by atoms with van der Waals surface area (Å²) in [5, 5.41) is 8.35. The van der Waals surface area contributed by atoms with Crippen LogP contribution in [0, 0.1) is 6.92 Å². The lowest BCUT2D eigenvalue weighted by atomic mass is 9.89. The Bertz CT molecular complexity index is 707. The fourth-order valence-corrected chi connectivity index (χ4v) is 4.39. The molecule has 4 rings (SSSR count). The molecule has 0 bridgehead atoms. The first-order valence-corrected chi connectivity index (χ1v) is 10.1. The summed E-state index contributed by atoms with van der Waals surface area (Å²) in [6, 6.07) is 12.2. The number of aryl methyl sites for hydroxylation is 1. The highest BCUT2D eigenvalue weighted by Gasteiger charge is 2.27. The summed E-state index contributed by atoms with van der Waals surface area (Å²) in [5.41, 5.74) is 9.79. The number of aromatic nitrogens is 2. The largest absolute Gasteiger partial charge is 0.370 e. The molecule has 5 nitrogen and oxygen atoms in total. The van der Waals surface area contributed by atoms with E-state index < -0.39 is 0 Å². The van der Waals surface area contributed by atoms with Crippen molar-refractivity contribution >= 4 is 5.69 Å². The number of nitrogens with two attached hydrogens (primary N) is 1. The van der Waals surface area contributed by atoms with Crippen LogP contribution in [-0.2, 0) is 0 Å². The van der Waals surface area contributed by atoms with Crippen LogP contribution in [0.3, 0.4) is 0 Å². The lowest BCUT2D eigenvalue weighted by Crippen LogP contribution is -2.55. The highest BCUT2D eigenvalue weighted by molar-refractivity contribution is 5.51. The molecule has 0 radical (unpaired) electrons. The van der Waals surface area contributed by atoms with Crippen molar-refractivity contribution in [1.29, 1.82) is 0 Å². The number of benzene rings is 1. The Labute approximate surface area is 156 Å². The third kappa shape index (κ3) is 3.94. The van der Waals surface area contributed by atoms with E-state index in [9.17, 15) is 0 Å². The van der Waals surface area contributed by atoms with E-state index in [1.165, 1.54) is 44.2 Å².